The molecule has 1 aliphatic heterocycles. The zero-order chi connectivity index (χ0) is 12.1. The molecule has 1 aromatic rings. The second kappa shape index (κ2) is 5.64. The van der Waals surface area contributed by atoms with Crippen molar-refractivity contribution >= 4 is 5.97 Å². The molecule has 0 radical (unpaired) electrons. The molecular weight excluding hydrogens is 214 g/mol. The lowest BCUT2D eigenvalue weighted by Gasteiger charge is -2.28. The van der Waals surface area contributed by atoms with Gasteiger partial charge in [-0.3, -0.25) is 4.90 Å². The van der Waals surface area contributed by atoms with E-state index in [-0.39, 0.29) is 0 Å². The predicted molar refractivity (Wildman–Crippen MR) is 66.7 cm³/mol. The number of hydrogen-bond donors (Lipinski definition) is 1. The number of hydrogen-bond acceptors (Lipinski definition) is 2. The average molecular weight is 231 g/mol. The van der Waals surface area contributed by atoms with E-state index >= 15 is 0 Å². The maximum Gasteiger partial charge on any atom is 0.328 e. The van der Waals surface area contributed by atoms with Gasteiger partial charge < -0.3 is 5.11 Å². The first-order chi connectivity index (χ1) is 8.24. The smallest absolute Gasteiger partial charge is 0.328 e. The van der Waals surface area contributed by atoms with Crippen LogP contribution in [0.5, 0.6) is 0 Å². The van der Waals surface area contributed by atoms with Crippen molar-refractivity contribution in [2.75, 3.05) is 13.1 Å². The third-order valence-electron chi connectivity index (χ3n) is 3.07. The Kier molecular flexibility index (Phi) is 3.94. The summed E-state index contributed by atoms with van der Waals surface area (Å²) in [5.41, 5.74) is 2.37. The summed E-state index contributed by atoms with van der Waals surface area (Å²) in [6.07, 6.45) is 3.11. The van der Waals surface area contributed by atoms with Crippen molar-refractivity contribution < 1.29 is 9.90 Å². The van der Waals surface area contributed by atoms with Gasteiger partial charge in [0.2, 0.25) is 0 Å². The van der Waals surface area contributed by atoms with Crippen LogP contribution >= 0.6 is 0 Å². The number of likely N-dealkylation sites (tertiary alicyclic amines) is 1. The number of carbonyl (C=O) groups is 1. The highest BCUT2D eigenvalue weighted by atomic mass is 16.4. The Labute approximate surface area is 101 Å². The molecule has 1 fully saturated rings. The molecule has 0 saturated carbocycles. The molecule has 90 valence electrons. The molecule has 0 aliphatic carbocycles. The lowest BCUT2D eigenvalue weighted by Crippen LogP contribution is -2.30. The minimum atomic E-state index is -0.823. The Bertz CT molecular complexity index is 401. The Morgan fingerprint density at radius 2 is 1.88 bits per heavy atom. The van der Waals surface area contributed by atoms with E-state index < -0.39 is 5.97 Å². The molecule has 0 aromatic heterocycles. The van der Waals surface area contributed by atoms with Gasteiger partial charge in [-0.1, -0.05) is 35.9 Å². The third-order valence-corrected chi connectivity index (χ3v) is 3.07. The number of nitrogens with zero attached hydrogens (tertiary/aromatic N) is 1. The van der Waals surface area contributed by atoms with Crippen LogP contribution in [0.3, 0.4) is 0 Å². The number of carboxylic acid groups (broad SMARTS) is 1. The maximum absolute atomic E-state index is 10.6. The molecular formula is C14H17NO2. The van der Waals surface area contributed by atoms with Gasteiger partial charge in [0.25, 0.3) is 0 Å². The first kappa shape index (κ1) is 11.9. The van der Waals surface area contributed by atoms with Crippen LogP contribution < -0.4 is 0 Å². The summed E-state index contributed by atoms with van der Waals surface area (Å²) in [6.45, 7) is 2.86. The van der Waals surface area contributed by atoms with Gasteiger partial charge in [-0.15, -0.1) is 0 Å². The zero-order valence-electron chi connectivity index (χ0n) is 9.80. The van der Waals surface area contributed by atoms with E-state index in [4.69, 9.17) is 5.11 Å². The molecule has 0 amide bonds. The van der Waals surface area contributed by atoms with E-state index in [1.807, 2.05) is 6.07 Å². The summed E-state index contributed by atoms with van der Waals surface area (Å²) in [5, 5.41) is 8.68. The first-order valence-electron chi connectivity index (χ1n) is 5.93. The summed E-state index contributed by atoms with van der Waals surface area (Å²) >= 11 is 0. The van der Waals surface area contributed by atoms with Crippen molar-refractivity contribution in [2.24, 2.45) is 0 Å². The maximum atomic E-state index is 10.6. The van der Waals surface area contributed by atoms with E-state index in [0.717, 1.165) is 38.0 Å². The molecule has 1 aliphatic rings. The summed E-state index contributed by atoms with van der Waals surface area (Å²) in [6, 6.07) is 10.4. The predicted octanol–water partition coefficient (Wildman–Crippen LogP) is 2.29. The Morgan fingerprint density at radius 3 is 2.47 bits per heavy atom. The molecule has 17 heavy (non-hydrogen) atoms. The van der Waals surface area contributed by atoms with Crippen LogP contribution in [0.15, 0.2) is 42.0 Å². The standard InChI is InChI=1S/C14H17NO2/c16-14(17)10-12-6-8-15(9-7-12)11-13-4-2-1-3-5-13/h1-5,10H,6-9,11H2,(H,16,17). The normalized spacial score (nSPS) is 16.8. The highest BCUT2D eigenvalue weighted by Gasteiger charge is 2.14. The van der Waals surface area contributed by atoms with Gasteiger partial charge in [0.1, 0.15) is 0 Å². The van der Waals surface area contributed by atoms with Gasteiger partial charge in [0.15, 0.2) is 0 Å². The van der Waals surface area contributed by atoms with E-state index in [1.54, 1.807) is 0 Å². The minimum absolute atomic E-state index is 0.823. The summed E-state index contributed by atoms with van der Waals surface area (Å²) < 4.78 is 0. The summed E-state index contributed by atoms with van der Waals surface area (Å²) in [5.74, 6) is -0.823. The number of aliphatic carboxylic acids is 1. The molecule has 0 atom stereocenters. The van der Waals surface area contributed by atoms with Crippen LogP contribution in [-0.4, -0.2) is 29.1 Å². The van der Waals surface area contributed by atoms with Crippen molar-refractivity contribution in [3.8, 4) is 0 Å². The largest absolute Gasteiger partial charge is 0.478 e. The molecule has 0 bridgehead atoms. The number of rotatable bonds is 3. The number of benzene rings is 1. The highest BCUT2D eigenvalue weighted by molar-refractivity contribution is 5.80. The molecule has 3 heteroatoms. The van der Waals surface area contributed by atoms with Crippen molar-refractivity contribution in [3.05, 3.63) is 47.5 Å². The van der Waals surface area contributed by atoms with Crippen LogP contribution in [0.25, 0.3) is 0 Å². The van der Waals surface area contributed by atoms with Gasteiger partial charge in [0.05, 0.1) is 0 Å². The van der Waals surface area contributed by atoms with Crippen LogP contribution in [0.1, 0.15) is 18.4 Å². The molecule has 3 nitrogen and oxygen atoms in total. The lowest BCUT2D eigenvalue weighted by molar-refractivity contribution is -0.131. The van der Waals surface area contributed by atoms with Gasteiger partial charge in [-0.2, -0.15) is 0 Å². The molecule has 1 heterocycles. The number of carboxylic acids is 1. The van der Waals surface area contributed by atoms with E-state index in [1.165, 1.54) is 11.6 Å². The molecule has 1 N–H and O–H groups in total. The lowest BCUT2D eigenvalue weighted by atomic mass is 10.0. The van der Waals surface area contributed by atoms with Gasteiger partial charge in [0, 0.05) is 25.7 Å². The molecule has 1 saturated heterocycles. The summed E-state index contributed by atoms with van der Waals surface area (Å²) in [4.78, 5) is 12.9. The van der Waals surface area contributed by atoms with Crippen molar-refractivity contribution in [2.45, 2.75) is 19.4 Å². The fraction of sp³-hybridized carbons (Fsp3) is 0.357. The SMILES string of the molecule is O=C(O)C=C1CCN(Cc2ccccc2)CC1. The van der Waals surface area contributed by atoms with Crippen molar-refractivity contribution in [1.29, 1.82) is 0 Å². The minimum Gasteiger partial charge on any atom is -0.478 e. The Morgan fingerprint density at radius 1 is 1.24 bits per heavy atom. The summed E-state index contributed by atoms with van der Waals surface area (Å²) in [7, 11) is 0. The monoisotopic (exact) mass is 231 g/mol. The second-order valence-corrected chi connectivity index (χ2v) is 4.40. The zero-order valence-corrected chi connectivity index (χ0v) is 9.80. The van der Waals surface area contributed by atoms with Crippen molar-refractivity contribution in [1.82, 2.24) is 4.90 Å². The molecule has 0 unspecified atom stereocenters. The topological polar surface area (TPSA) is 40.5 Å². The van der Waals surface area contributed by atoms with E-state index in [9.17, 15) is 4.79 Å². The van der Waals surface area contributed by atoms with Crippen LogP contribution in [0, 0.1) is 0 Å². The molecule has 0 spiro atoms. The van der Waals surface area contributed by atoms with Gasteiger partial charge in [-0.05, 0) is 18.4 Å². The average Bonchev–Trinajstić information content (AvgIpc) is 2.32. The van der Waals surface area contributed by atoms with Gasteiger partial charge in [-0.25, -0.2) is 4.79 Å². The van der Waals surface area contributed by atoms with Gasteiger partial charge >= 0.3 is 5.97 Å². The third kappa shape index (κ3) is 3.71. The quantitative estimate of drug-likeness (QED) is 0.811. The Hall–Kier alpha value is -1.61. The first-order valence-corrected chi connectivity index (χ1v) is 5.93. The van der Waals surface area contributed by atoms with Crippen LogP contribution in [0.2, 0.25) is 0 Å². The Balaban J connectivity index is 1.86. The molecule has 2 rings (SSSR count). The van der Waals surface area contributed by atoms with Crippen molar-refractivity contribution in [3.63, 3.8) is 0 Å². The van der Waals surface area contributed by atoms with E-state index in [0.29, 0.717) is 0 Å². The fourth-order valence-corrected chi connectivity index (χ4v) is 2.16. The van der Waals surface area contributed by atoms with Crippen LogP contribution in [0.4, 0.5) is 0 Å². The fourth-order valence-electron chi connectivity index (χ4n) is 2.16. The number of piperidine rings is 1. The second-order valence-electron chi connectivity index (χ2n) is 4.40. The van der Waals surface area contributed by atoms with Crippen LogP contribution in [-0.2, 0) is 11.3 Å². The molecule has 1 aromatic carbocycles. The highest BCUT2D eigenvalue weighted by Crippen LogP contribution is 2.17. The van der Waals surface area contributed by atoms with E-state index in [2.05, 4.69) is 29.2 Å².